The Kier molecular flexibility index (Phi) is 5.61. The molecule has 0 radical (unpaired) electrons. The van der Waals surface area contributed by atoms with Crippen molar-refractivity contribution >= 4 is 16.7 Å². The summed E-state index contributed by atoms with van der Waals surface area (Å²) in [5.74, 6) is -0.485. The molecule has 0 bridgehead atoms. The summed E-state index contributed by atoms with van der Waals surface area (Å²) >= 11 is 0. The van der Waals surface area contributed by atoms with E-state index in [1.54, 1.807) is 6.07 Å². The van der Waals surface area contributed by atoms with Gasteiger partial charge in [-0.25, -0.2) is 4.79 Å². The van der Waals surface area contributed by atoms with E-state index in [-0.39, 0.29) is 10.9 Å². The number of hydrogen-bond acceptors (Lipinski definition) is 2. The van der Waals surface area contributed by atoms with Gasteiger partial charge in [0.2, 0.25) is 0 Å². The maximum Gasteiger partial charge on any atom is 0.416 e. The predicted molar refractivity (Wildman–Crippen MR) is 118 cm³/mol. The number of carboxylic acid groups (broad SMARTS) is 1. The Labute approximate surface area is 182 Å². The van der Waals surface area contributed by atoms with E-state index >= 15 is 0 Å². The first-order chi connectivity index (χ1) is 15.3. The third kappa shape index (κ3) is 4.30. The molecule has 0 heterocycles. The van der Waals surface area contributed by atoms with Crippen LogP contribution >= 0.6 is 0 Å². The number of carbonyl (C=O) groups is 1. The summed E-state index contributed by atoms with van der Waals surface area (Å²) in [4.78, 5) is 11.8. The summed E-state index contributed by atoms with van der Waals surface area (Å²) in [7, 11) is 0. The molecule has 0 saturated heterocycles. The molecule has 1 N–H and O–H groups in total. The highest BCUT2D eigenvalue weighted by Gasteiger charge is 2.31. The van der Waals surface area contributed by atoms with Crippen LogP contribution < -0.4 is 4.74 Å². The SMILES string of the molecule is CCOc1ccc(-c2ccc(-c3cc(C(=O)O)c4cc(C(F)(F)F)ccc4c3)cc2)cc1. The van der Waals surface area contributed by atoms with E-state index in [4.69, 9.17) is 4.74 Å². The Balaban J connectivity index is 1.72. The molecule has 4 aromatic rings. The molecule has 4 aromatic carbocycles. The fraction of sp³-hybridized carbons (Fsp3) is 0.115. The van der Waals surface area contributed by atoms with Crippen LogP contribution in [0, 0.1) is 0 Å². The normalized spacial score (nSPS) is 11.5. The van der Waals surface area contributed by atoms with Gasteiger partial charge in [-0.1, -0.05) is 42.5 Å². The van der Waals surface area contributed by atoms with Crippen molar-refractivity contribution in [1.82, 2.24) is 0 Å². The van der Waals surface area contributed by atoms with Crippen molar-refractivity contribution in [3.63, 3.8) is 0 Å². The third-order valence-corrected chi connectivity index (χ3v) is 5.23. The van der Waals surface area contributed by atoms with Gasteiger partial charge < -0.3 is 9.84 Å². The van der Waals surface area contributed by atoms with Gasteiger partial charge in [0.05, 0.1) is 17.7 Å². The van der Waals surface area contributed by atoms with Gasteiger partial charge in [-0.15, -0.1) is 0 Å². The molecular formula is C26H19F3O3. The zero-order valence-electron chi connectivity index (χ0n) is 17.1. The van der Waals surface area contributed by atoms with Crippen molar-refractivity contribution in [2.75, 3.05) is 6.61 Å². The Morgan fingerprint density at radius 1 is 0.812 bits per heavy atom. The van der Waals surface area contributed by atoms with Crippen LogP contribution in [-0.4, -0.2) is 17.7 Å². The minimum absolute atomic E-state index is 0.0575. The number of halogens is 3. The van der Waals surface area contributed by atoms with Gasteiger partial charge >= 0.3 is 12.1 Å². The maximum absolute atomic E-state index is 13.1. The lowest BCUT2D eigenvalue weighted by Gasteiger charge is -2.12. The lowest BCUT2D eigenvalue weighted by atomic mass is 9.94. The van der Waals surface area contributed by atoms with Gasteiger partial charge in [-0.3, -0.25) is 0 Å². The zero-order chi connectivity index (χ0) is 22.9. The molecule has 0 saturated carbocycles. The molecule has 0 spiro atoms. The van der Waals surface area contributed by atoms with Crippen LogP contribution in [0.5, 0.6) is 5.75 Å². The van der Waals surface area contributed by atoms with Crippen molar-refractivity contribution in [2.24, 2.45) is 0 Å². The molecule has 0 aromatic heterocycles. The van der Waals surface area contributed by atoms with E-state index in [0.717, 1.165) is 34.6 Å². The van der Waals surface area contributed by atoms with Crippen molar-refractivity contribution in [3.05, 3.63) is 90.0 Å². The van der Waals surface area contributed by atoms with Crippen molar-refractivity contribution in [2.45, 2.75) is 13.1 Å². The highest BCUT2D eigenvalue weighted by atomic mass is 19.4. The van der Waals surface area contributed by atoms with Gasteiger partial charge in [0.1, 0.15) is 5.75 Å². The molecule has 0 fully saturated rings. The van der Waals surface area contributed by atoms with Gasteiger partial charge in [0.15, 0.2) is 0 Å². The average Bonchev–Trinajstić information content (AvgIpc) is 2.78. The second-order valence-corrected chi connectivity index (χ2v) is 7.30. The molecule has 4 rings (SSSR count). The predicted octanol–water partition coefficient (Wildman–Crippen LogP) is 7.29. The molecular weight excluding hydrogens is 417 g/mol. The maximum atomic E-state index is 13.1. The van der Waals surface area contributed by atoms with Crippen LogP contribution in [0.2, 0.25) is 0 Å². The van der Waals surface area contributed by atoms with E-state index in [1.807, 2.05) is 55.5 Å². The molecule has 0 aliphatic carbocycles. The third-order valence-electron chi connectivity index (χ3n) is 5.23. The Bertz CT molecular complexity index is 1270. The van der Waals surface area contributed by atoms with Crippen LogP contribution in [-0.2, 0) is 6.18 Å². The Hall–Kier alpha value is -3.80. The number of benzene rings is 4. The van der Waals surface area contributed by atoms with Gasteiger partial charge in [-0.2, -0.15) is 13.2 Å². The number of aromatic carboxylic acids is 1. The van der Waals surface area contributed by atoms with E-state index in [0.29, 0.717) is 17.6 Å². The Morgan fingerprint density at radius 3 is 1.91 bits per heavy atom. The molecule has 0 atom stereocenters. The first kappa shape index (κ1) is 21.4. The largest absolute Gasteiger partial charge is 0.494 e. The second kappa shape index (κ2) is 8.38. The standard InChI is InChI=1S/C26H19F3O3/c1-2-32-22-11-8-17(9-12-22)16-3-5-18(6-4-16)20-13-19-7-10-21(26(27,28)29)15-23(19)24(14-20)25(30)31/h3-15H,2H2,1H3,(H,30,31). The molecule has 162 valence electrons. The van der Waals surface area contributed by atoms with E-state index < -0.39 is 17.7 Å². The molecule has 0 unspecified atom stereocenters. The summed E-state index contributed by atoms with van der Waals surface area (Å²) in [6, 6.07) is 21.5. The zero-order valence-corrected chi connectivity index (χ0v) is 17.1. The number of ether oxygens (including phenoxy) is 1. The fourth-order valence-electron chi connectivity index (χ4n) is 3.64. The quantitative estimate of drug-likeness (QED) is 0.357. The average molecular weight is 436 g/mol. The van der Waals surface area contributed by atoms with Gasteiger partial charge in [-0.05, 0) is 76.3 Å². The number of hydrogen-bond donors (Lipinski definition) is 1. The van der Waals surface area contributed by atoms with Crippen molar-refractivity contribution < 1.29 is 27.8 Å². The number of carboxylic acids is 1. The first-order valence-electron chi connectivity index (χ1n) is 9.98. The molecule has 0 amide bonds. The monoisotopic (exact) mass is 436 g/mol. The van der Waals surface area contributed by atoms with Crippen LogP contribution in [0.3, 0.4) is 0 Å². The highest BCUT2D eigenvalue weighted by molar-refractivity contribution is 6.06. The van der Waals surface area contributed by atoms with E-state index in [1.165, 1.54) is 12.1 Å². The number of rotatable bonds is 5. The lowest BCUT2D eigenvalue weighted by Crippen LogP contribution is -2.06. The van der Waals surface area contributed by atoms with E-state index in [2.05, 4.69) is 0 Å². The summed E-state index contributed by atoms with van der Waals surface area (Å²) < 4.78 is 44.7. The van der Waals surface area contributed by atoms with Crippen molar-refractivity contribution in [1.29, 1.82) is 0 Å². The smallest absolute Gasteiger partial charge is 0.416 e. The summed E-state index contributed by atoms with van der Waals surface area (Å²) in [6.07, 6.45) is -4.54. The van der Waals surface area contributed by atoms with Gasteiger partial charge in [0.25, 0.3) is 0 Å². The molecule has 32 heavy (non-hydrogen) atoms. The summed E-state index contributed by atoms with van der Waals surface area (Å²) in [5, 5.41) is 10.1. The molecule has 0 aliphatic rings. The minimum atomic E-state index is -4.54. The topological polar surface area (TPSA) is 46.5 Å². The van der Waals surface area contributed by atoms with Crippen LogP contribution in [0.15, 0.2) is 78.9 Å². The fourth-order valence-corrected chi connectivity index (χ4v) is 3.64. The summed E-state index contributed by atoms with van der Waals surface area (Å²) in [5.41, 5.74) is 2.33. The molecule has 3 nitrogen and oxygen atoms in total. The lowest BCUT2D eigenvalue weighted by molar-refractivity contribution is -0.137. The van der Waals surface area contributed by atoms with Crippen molar-refractivity contribution in [3.8, 4) is 28.0 Å². The minimum Gasteiger partial charge on any atom is -0.494 e. The first-order valence-corrected chi connectivity index (χ1v) is 9.98. The van der Waals surface area contributed by atoms with Crippen LogP contribution in [0.4, 0.5) is 13.2 Å². The number of alkyl halides is 3. The number of fused-ring (bicyclic) bond motifs is 1. The second-order valence-electron chi connectivity index (χ2n) is 7.30. The summed E-state index contributed by atoms with van der Waals surface area (Å²) in [6.45, 7) is 2.51. The van der Waals surface area contributed by atoms with Gasteiger partial charge in [0, 0.05) is 0 Å². The van der Waals surface area contributed by atoms with Crippen LogP contribution in [0.25, 0.3) is 33.0 Å². The highest BCUT2D eigenvalue weighted by Crippen LogP contribution is 2.35. The Morgan fingerprint density at radius 2 is 1.38 bits per heavy atom. The van der Waals surface area contributed by atoms with E-state index in [9.17, 15) is 23.1 Å². The van der Waals surface area contributed by atoms with Crippen LogP contribution in [0.1, 0.15) is 22.8 Å². The molecule has 0 aliphatic heterocycles. The molecule has 6 heteroatoms.